The molecule has 0 atom stereocenters. The van der Waals surface area contributed by atoms with Gasteiger partial charge in [-0.3, -0.25) is 0 Å². The van der Waals surface area contributed by atoms with Crippen molar-refractivity contribution in [2.45, 2.75) is 18.9 Å². The molecule has 0 spiro atoms. The molecule has 2 aromatic heterocycles. The van der Waals surface area contributed by atoms with Crippen LogP contribution in [0.15, 0.2) is 108 Å². The Hall–Kier alpha value is -3.24. The van der Waals surface area contributed by atoms with Crippen molar-refractivity contribution in [3.63, 3.8) is 0 Å². The molecule has 2 heterocycles. The van der Waals surface area contributed by atoms with E-state index >= 15 is 0 Å². The number of aromatic nitrogens is 3. The van der Waals surface area contributed by atoms with E-state index in [0.717, 1.165) is 22.2 Å². The van der Waals surface area contributed by atoms with Crippen LogP contribution in [-0.4, -0.2) is 14.5 Å². The molecule has 0 aliphatic rings. The molecule has 0 fully saturated rings. The molecule has 0 N–H and O–H groups in total. The maximum absolute atomic E-state index is 4.85. The summed E-state index contributed by atoms with van der Waals surface area (Å²) in [5, 5.41) is 0. The molecule has 31 heavy (non-hydrogen) atoms. The molecule has 0 aliphatic heterocycles. The van der Waals surface area contributed by atoms with E-state index in [1.165, 1.54) is 22.3 Å². The van der Waals surface area contributed by atoms with Crippen molar-refractivity contribution >= 4 is 27.1 Å². The van der Waals surface area contributed by atoms with Crippen molar-refractivity contribution in [1.29, 1.82) is 0 Å². The summed E-state index contributed by atoms with van der Waals surface area (Å²) in [6, 6.07) is 32.0. The molecule has 0 saturated carbocycles. The van der Waals surface area contributed by atoms with E-state index in [1.807, 2.05) is 0 Å². The van der Waals surface area contributed by atoms with Crippen molar-refractivity contribution in [3.8, 4) is 0 Å². The monoisotopic (exact) mass is 467 g/mol. The van der Waals surface area contributed by atoms with Crippen molar-refractivity contribution < 1.29 is 0 Å². The lowest BCUT2D eigenvalue weighted by Crippen LogP contribution is -2.37. The number of halogens is 1. The van der Waals surface area contributed by atoms with Crippen molar-refractivity contribution in [3.05, 3.63) is 130 Å². The Labute approximate surface area is 190 Å². The third-order valence-electron chi connectivity index (χ3n) is 5.86. The van der Waals surface area contributed by atoms with E-state index in [0.29, 0.717) is 0 Å². The predicted molar refractivity (Wildman–Crippen MR) is 129 cm³/mol. The third-order valence-corrected chi connectivity index (χ3v) is 6.24. The van der Waals surface area contributed by atoms with Crippen LogP contribution >= 0.6 is 15.9 Å². The van der Waals surface area contributed by atoms with E-state index in [-0.39, 0.29) is 0 Å². The minimum Gasteiger partial charge on any atom is -0.312 e. The maximum atomic E-state index is 4.85. The Kier molecular flexibility index (Phi) is 5.16. The van der Waals surface area contributed by atoms with Gasteiger partial charge in [-0.2, -0.15) is 0 Å². The van der Waals surface area contributed by atoms with Crippen LogP contribution in [0, 0.1) is 0 Å². The molecule has 0 radical (unpaired) electrons. The fourth-order valence-corrected chi connectivity index (χ4v) is 4.78. The molecule has 0 amide bonds. The van der Waals surface area contributed by atoms with Crippen molar-refractivity contribution in [2.24, 2.45) is 0 Å². The van der Waals surface area contributed by atoms with Crippen LogP contribution in [0.3, 0.4) is 0 Å². The van der Waals surface area contributed by atoms with Crippen LogP contribution in [0.5, 0.6) is 0 Å². The highest BCUT2D eigenvalue weighted by Gasteiger charge is 2.40. The number of hydrogen-bond acceptors (Lipinski definition) is 2. The Morgan fingerprint density at radius 3 is 1.71 bits per heavy atom. The summed E-state index contributed by atoms with van der Waals surface area (Å²) in [7, 11) is 0. The quantitative estimate of drug-likeness (QED) is 0.272. The molecule has 3 nitrogen and oxygen atoms in total. The average Bonchev–Trinajstić information content (AvgIpc) is 3.20. The largest absolute Gasteiger partial charge is 0.312 e. The van der Waals surface area contributed by atoms with Crippen LogP contribution in [0.4, 0.5) is 0 Å². The van der Waals surface area contributed by atoms with Crippen LogP contribution in [0.25, 0.3) is 11.2 Å². The number of nitrogens with zero attached hydrogens (tertiary/aromatic N) is 3. The first-order chi connectivity index (χ1) is 15.2. The van der Waals surface area contributed by atoms with Crippen molar-refractivity contribution in [2.75, 3.05) is 0 Å². The first-order valence-corrected chi connectivity index (χ1v) is 11.2. The normalized spacial score (nSPS) is 11.7. The summed E-state index contributed by atoms with van der Waals surface area (Å²) in [4.78, 5) is 9.64. The summed E-state index contributed by atoms with van der Waals surface area (Å²) in [6.07, 6.45) is 4.89. The predicted octanol–water partition coefficient (Wildman–Crippen LogP) is 6.60. The average molecular weight is 468 g/mol. The molecular formula is C27H22BrN3. The molecule has 5 aromatic rings. The summed E-state index contributed by atoms with van der Waals surface area (Å²) < 4.78 is 3.05. The second-order valence-electron chi connectivity index (χ2n) is 7.55. The minimum atomic E-state index is -0.585. The Bertz CT molecular complexity index is 1220. The number of rotatable bonds is 5. The minimum absolute atomic E-state index is 0.585. The van der Waals surface area contributed by atoms with Gasteiger partial charge >= 0.3 is 0 Å². The van der Waals surface area contributed by atoms with Gasteiger partial charge in [0.15, 0.2) is 5.65 Å². The highest BCUT2D eigenvalue weighted by molar-refractivity contribution is 9.10. The molecular weight excluding hydrogens is 446 g/mol. The van der Waals surface area contributed by atoms with Gasteiger partial charge in [0.25, 0.3) is 0 Å². The molecule has 3 aromatic carbocycles. The summed E-state index contributed by atoms with van der Waals surface area (Å²) in [5.41, 5.74) is 5.93. The SMILES string of the molecule is CCc1cn(C(c2ccccc2)(c2ccccc2)c2ccccc2)c2ncc(Br)nc12. The Balaban J connectivity index is 1.98. The summed E-state index contributed by atoms with van der Waals surface area (Å²) in [6.45, 7) is 2.16. The zero-order chi connectivity index (χ0) is 21.3. The number of benzene rings is 3. The fraction of sp³-hybridized carbons (Fsp3) is 0.111. The van der Waals surface area contributed by atoms with Gasteiger partial charge in [-0.25, -0.2) is 9.97 Å². The second kappa shape index (κ2) is 8.12. The third kappa shape index (κ3) is 3.19. The lowest BCUT2D eigenvalue weighted by atomic mass is 9.76. The molecule has 4 heteroatoms. The number of fused-ring (bicyclic) bond motifs is 1. The lowest BCUT2D eigenvalue weighted by molar-refractivity contribution is 0.528. The molecule has 0 bridgehead atoms. The van der Waals surface area contributed by atoms with Crippen LogP contribution < -0.4 is 0 Å². The standard InChI is InChI=1S/C27H22BrN3/c1-2-20-19-31(26-25(20)30-24(28)18-29-26)27(21-12-6-3-7-13-21,22-14-8-4-9-15-22)23-16-10-5-11-17-23/h3-19H,2H2,1H3. The Morgan fingerprint density at radius 1 is 0.774 bits per heavy atom. The van der Waals surface area contributed by atoms with Crippen LogP contribution in [-0.2, 0) is 12.0 Å². The van der Waals surface area contributed by atoms with E-state index in [9.17, 15) is 0 Å². The van der Waals surface area contributed by atoms with Gasteiger partial charge in [0.1, 0.15) is 15.7 Å². The van der Waals surface area contributed by atoms with E-state index in [2.05, 4.69) is 125 Å². The smallest absolute Gasteiger partial charge is 0.160 e. The van der Waals surface area contributed by atoms with Crippen LogP contribution in [0.1, 0.15) is 29.2 Å². The van der Waals surface area contributed by atoms with Crippen LogP contribution in [0.2, 0.25) is 0 Å². The first kappa shape index (κ1) is 19.7. The molecule has 0 saturated heterocycles. The van der Waals surface area contributed by atoms with Gasteiger partial charge in [-0.05, 0) is 44.6 Å². The summed E-state index contributed by atoms with van der Waals surface area (Å²) in [5.74, 6) is 0. The van der Waals surface area contributed by atoms with Gasteiger partial charge in [0.2, 0.25) is 0 Å². The molecule has 152 valence electrons. The van der Waals surface area contributed by atoms with Gasteiger partial charge in [-0.1, -0.05) is 97.9 Å². The molecule has 5 rings (SSSR count). The zero-order valence-electron chi connectivity index (χ0n) is 17.2. The molecule has 0 unspecified atom stereocenters. The van der Waals surface area contributed by atoms with Gasteiger partial charge in [-0.15, -0.1) is 0 Å². The molecule has 0 aliphatic carbocycles. The first-order valence-electron chi connectivity index (χ1n) is 10.4. The van der Waals surface area contributed by atoms with E-state index in [1.54, 1.807) is 6.20 Å². The van der Waals surface area contributed by atoms with Gasteiger partial charge in [0, 0.05) is 6.20 Å². The van der Waals surface area contributed by atoms with E-state index in [4.69, 9.17) is 9.97 Å². The van der Waals surface area contributed by atoms with Gasteiger partial charge < -0.3 is 4.57 Å². The highest BCUT2D eigenvalue weighted by atomic mass is 79.9. The van der Waals surface area contributed by atoms with Crippen molar-refractivity contribution in [1.82, 2.24) is 14.5 Å². The van der Waals surface area contributed by atoms with E-state index < -0.39 is 5.54 Å². The summed E-state index contributed by atoms with van der Waals surface area (Å²) >= 11 is 3.51. The topological polar surface area (TPSA) is 30.7 Å². The highest BCUT2D eigenvalue weighted by Crippen LogP contribution is 2.43. The maximum Gasteiger partial charge on any atom is 0.160 e. The Morgan fingerprint density at radius 2 is 1.26 bits per heavy atom. The number of aryl methyl sites for hydroxylation is 1. The zero-order valence-corrected chi connectivity index (χ0v) is 18.8. The second-order valence-corrected chi connectivity index (χ2v) is 8.36. The fourth-order valence-electron chi connectivity index (χ4n) is 4.50. The van der Waals surface area contributed by atoms with Gasteiger partial charge in [0.05, 0.1) is 6.20 Å². The lowest BCUT2D eigenvalue weighted by Gasteiger charge is -2.38. The number of hydrogen-bond donors (Lipinski definition) is 0.